The Balaban J connectivity index is 1.50. The molecule has 9 nitrogen and oxygen atoms in total. The van der Waals surface area contributed by atoms with E-state index in [1.165, 1.54) is 18.0 Å². The molecule has 0 spiro atoms. The van der Waals surface area contributed by atoms with Crippen LogP contribution in [-0.4, -0.2) is 62.9 Å². The molecule has 1 atom stereocenters. The average molecular weight is 435 g/mol. The van der Waals surface area contributed by atoms with E-state index in [1.54, 1.807) is 35.7 Å². The quantitative estimate of drug-likeness (QED) is 0.460. The molecule has 0 radical (unpaired) electrons. The van der Waals surface area contributed by atoms with Crippen molar-refractivity contribution in [2.24, 2.45) is 0 Å². The highest BCUT2D eigenvalue weighted by Gasteiger charge is 2.28. The van der Waals surface area contributed by atoms with Crippen LogP contribution in [0.3, 0.4) is 0 Å². The predicted molar refractivity (Wildman–Crippen MR) is 115 cm³/mol. The van der Waals surface area contributed by atoms with Crippen LogP contribution < -0.4 is 9.64 Å². The molecule has 0 unspecified atom stereocenters. The number of nitrogens with zero attached hydrogens (tertiary/aromatic N) is 7. The van der Waals surface area contributed by atoms with Gasteiger partial charge in [0, 0.05) is 18.7 Å². The van der Waals surface area contributed by atoms with Crippen LogP contribution in [0.15, 0.2) is 61.2 Å². The molecule has 0 bridgehead atoms. The zero-order valence-electron chi connectivity index (χ0n) is 17.5. The summed E-state index contributed by atoms with van der Waals surface area (Å²) in [7, 11) is 1.46. The molecule has 2 aromatic carbocycles. The van der Waals surface area contributed by atoms with Gasteiger partial charge in [-0.05, 0) is 24.1 Å². The molecule has 1 aliphatic heterocycles. The molecule has 1 fully saturated rings. The van der Waals surface area contributed by atoms with E-state index >= 15 is 0 Å². The summed E-state index contributed by atoms with van der Waals surface area (Å²) in [5.41, 5.74) is 3.35. The molecule has 164 valence electrons. The third kappa shape index (κ3) is 3.92. The van der Waals surface area contributed by atoms with Crippen molar-refractivity contribution in [3.05, 3.63) is 72.6 Å². The second kappa shape index (κ2) is 8.75. The van der Waals surface area contributed by atoms with Crippen molar-refractivity contribution >= 4 is 5.69 Å². The number of aromatic nitrogens is 6. The number of rotatable bonds is 6. The minimum absolute atomic E-state index is 0.0223. The first-order valence-electron chi connectivity index (χ1n) is 10.3. The van der Waals surface area contributed by atoms with Gasteiger partial charge in [0.2, 0.25) is 0 Å². The molecule has 10 heteroatoms. The first-order valence-corrected chi connectivity index (χ1v) is 10.3. The highest BCUT2D eigenvalue weighted by Crippen LogP contribution is 2.34. The minimum Gasteiger partial charge on any atom is -0.494 e. The van der Waals surface area contributed by atoms with Gasteiger partial charge in [0.15, 0.2) is 11.6 Å². The third-order valence-electron chi connectivity index (χ3n) is 5.45. The van der Waals surface area contributed by atoms with E-state index in [4.69, 9.17) is 9.47 Å². The van der Waals surface area contributed by atoms with Crippen LogP contribution in [0.4, 0.5) is 10.1 Å². The summed E-state index contributed by atoms with van der Waals surface area (Å²) in [4.78, 5) is 5.22. The van der Waals surface area contributed by atoms with Crippen LogP contribution in [0.25, 0.3) is 11.4 Å². The first-order chi connectivity index (χ1) is 15.7. The number of hydrogen-bond acceptors (Lipinski definition) is 7. The fourth-order valence-electron chi connectivity index (χ4n) is 3.99. The SMILES string of the molecule is COc1cc(N2CCOC[C@H]2Cc2cccc(-n3nccn3)c2)c(-n2nccn2)cc1F. The van der Waals surface area contributed by atoms with Gasteiger partial charge in [0.1, 0.15) is 5.69 Å². The number of morpholine rings is 1. The van der Waals surface area contributed by atoms with Crippen LogP contribution in [0.5, 0.6) is 5.75 Å². The zero-order chi connectivity index (χ0) is 21.9. The normalized spacial score (nSPS) is 16.3. The molecule has 3 heterocycles. The lowest BCUT2D eigenvalue weighted by Crippen LogP contribution is -2.47. The van der Waals surface area contributed by atoms with Crippen LogP contribution in [0, 0.1) is 5.82 Å². The van der Waals surface area contributed by atoms with Gasteiger partial charge >= 0.3 is 0 Å². The van der Waals surface area contributed by atoms with E-state index in [1.807, 2.05) is 12.1 Å². The van der Waals surface area contributed by atoms with Gasteiger partial charge in [0.25, 0.3) is 0 Å². The van der Waals surface area contributed by atoms with Crippen molar-refractivity contribution in [3.63, 3.8) is 0 Å². The molecule has 0 saturated carbocycles. The molecule has 0 amide bonds. The molecule has 1 saturated heterocycles. The maximum atomic E-state index is 14.6. The summed E-state index contributed by atoms with van der Waals surface area (Å²) in [6.07, 6.45) is 7.15. The summed E-state index contributed by atoms with van der Waals surface area (Å²) in [6.45, 7) is 1.75. The minimum atomic E-state index is -0.465. The standard InChI is InChI=1S/C22H22FN7O2/c1-31-22-14-20(21(13-19(22)23)30-26-7-8-27-30)28-9-10-32-15-18(28)12-16-3-2-4-17(11-16)29-24-5-6-25-29/h2-8,11,13-14,18H,9-10,12,15H2,1H3/t18-/m1/s1. The molecule has 1 aliphatic rings. The molecule has 5 rings (SSSR count). The topological polar surface area (TPSA) is 83.1 Å². The Morgan fingerprint density at radius 2 is 1.75 bits per heavy atom. The Hall–Kier alpha value is -3.79. The predicted octanol–water partition coefficient (Wildman–Crippen LogP) is 2.44. The molecular formula is C22H22FN7O2. The van der Waals surface area contributed by atoms with Crippen molar-refractivity contribution in [2.75, 3.05) is 31.8 Å². The lowest BCUT2D eigenvalue weighted by Gasteiger charge is -2.38. The first kappa shape index (κ1) is 20.1. The zero-order valence-corrected chi connectivity index (χ0v) is 17.5. The Morgan fingerprint density at radius 1 is 1.00 bits per heavy atom. The molecular weight excluding hydrogens is 413 g/mol. The van der Waals surface area contributed by atoms with E-state index in [9.17, 15) is 4.39 Å². The number of benzene rings is 2. The van der Waals surface area contributed by atoms with Gasteiger partial charge in [-0.15, -0.1) is 4.80 Å². The molecule has 2 aromatic heterocycles. The maximum absolute atomic E-state index is 14.6. The Labute approximate surface area is 184 Å². The van der Waals surface area contributed by atoms with E-state index in [2.05, 4.69) is 37.4 Å². The van der Waals surface area contributed by atoms with Crippen molar-refractivity contribution in [1.29, 1.82) is 0 Å². The smallest absolute Gasteiger partial charge is 0.167 e. The van der Waals surface area contributed by atoms with E-state index in [0.29, 0.717) is 25.4 Å². The molecule has 4 aromatic rings. The number of halogens is 1. The average Bonchev–Trinajstić information content (AvgIpc) is 3.54. The Morgan fingerprint density at radius 3 is 2.50 bits per heavy atom. The lowest BCUT2D eigenvalue weighted by molar-refractivity contribution is 0.0940. The maximum Gasteiger partial charge on any atom is 0.167 e. The van der Waals surface area contributed by atoms with Crippen molar-refractivity contribution in [3.8, 4) is 17.1 Å². The Kier molecular flexibility index (Phi) is 5.51. The second-order valence-electron chi connectivity index (χ2n) is 7.41. The van der Waals surface area contributed by atoms with Crippen LogP contribution >= 0.6 is 0 Å². The van der Waals surface area contributed by atoms with Gasteiger partial charge in [-0.2, -0.15) is 25.2 Å². The highest BCUT2D eigenvalue weighted by atomic mass is 19.1. The summed E-state index contributed by atoms with van der Waals surface area (Å²) in [5.74, 6) is -0.291. The summed E-state index contributed by atoms with van der Waals surface area (Å²) < 4.78 is 25.6. The number of hydrogen-bond donors (Lipinski definition) is 0. The van der Waals surface area contributed by atoms with Crippen molar-refractivity contribution < 1.29 is 13.9 Å². The van der Waals surface area contributed by atoms with Crippen LogP contribution in [0.2, 0.25) is 0 Å². The van der Waals surface area contributed by atoms with Gasteiger partial charge in [-0.25, -0.2) is 4.39 Å². The number of anilines is 1. The highest BCUT2D eigenvalue weighted by molar-refractivity contribution is 5.66. The lowest BCUT2D eigenvalue weighted by atomic mass is 10.0. The van der Waals surface area contributed by atoms with Crippen molar-refractivity contribution in [1.82, 2.24) is 30.0 Å². The van der Waals surface area contributed by atoms with Gasteiger partial charge < -0.3 is 14.4 Å². The van der Waals surface area contributed by atoms with Crippen LogP contribution in [-0.2, 0) is 11.2 Å². The van der Waals surface area contributed by atoms with Gasteiger partial charge in [-0.3, -0.25) is 0 Å². The summed E-state index contributed by atoms with van der Waals surface area (Å²) in [6, 6.07) is 11.2. The fourth-order valence-corrected chi connectivity index (χ4v) is 3.99. The van der Waals surface area contributed by atoms with E-state index in [-0.39, 0.29) is 11.8 Å². The number of methoxy groups -OCH3 is 1. The Bertz CT molecular complexity index is 1180. The number of ether oxygens (including phenoxy) is 2. The van der Waals surface area contributed by atoms with E-state index in [0.717, 1.165) is 23.4 Å². The second-order valence-corrected chi connectivity index (χ2v) is 7.41. The monoisotopic (exact) mass is 435 g/mol. The summed E-state index contributed by atoms with van der Waals surface area (Å²) >= 11 is 0. The van der Waals surface area contributed by atoms with Crippen LogP contribution in [0.1, 0.15) is 5.56 Å². The molecule has 32 heavy (non-hydrogen) atoms. The van der Waals surface area contributed by atoms with Gasteiger partial charge in [0.05, 0.1) is 62.5 Å². The molecule has 0 aliphatic carbocycles. The van der Waals surface area contributed by atoms with Gasteiger partial charge in [-0.1, -0.05) is 12.1 Å². The third-order valence-corrected chi connectivity index (χ3v) is 5.45. The fraction of sp³-hybridized carbons (Fsp3) is 0.273. The summed E-state index contributed by atoms with van der Waals surface area (Å²) in [5, 5.41) is 16.8. The van der Waals surface area contributed by atoms with E-state index < -0.39 is 5.82 Å². The van der Waals surface area contributed by atoms with Crippen molar-refractivity contribution in [2.45, 2.75) is 12.5 Å². The largest absolute Gasteiger partial charge is 0.494 e. The molecule has 0 N–H and O–H groups in total.